The first-order valence-corrected chi connectivity index (χ1v) is 7.49. The van der Waals surface area contributed by atoms with E-state index >= 15 is 0 Å². The van der Waals surface area contributed by atoms with Crippen LogP contribution in [0.4, 0.5) is 0 Å². The highest BCUT2D eigenvalue weighted by Crippen LogP contribution is 2.27. The fraction of sp³-hybridized carbons (Fsp3) is 0.200. The second kappa shape index (κ2) is 6.07. The number of ether oxygens (including phenoxy) is 1. The van der Waals surface area contributed by atoms with Crippen LogP contribution in [0.1, 0.15) is 38.7 Å². The molecule has 3 rings (SSSR count). The molecule has 0 saturated carbocycles. The van der Waals surface area contributed by atoms with Crippen LogP contribution in [0.15, 0.2) is 40.4 Å². The zero-order valence-corrected chi connectivity index (χ0v) is 12.8. The number of rotatable bonds is 4. The molecule has 0 bridgehead atoms. The van der Waals surface area contributed by atoms with Crippen molar-refractivity contribution in [3.05, 3.63) is 63.7 Å². The van der Waals surface area contributed by atoms with E-state index in [-0.39, 0.29) is 5.89 Å². The SMILES string of the molecule is Cc1noc([C@@H](OC(=O)c2scnc2C)c2ccccc2)n1. The van der Waals surface area contributed by atoms with Crippen molar-refractivity contribution in [3.8, 4) is 0 Å². The first kappa shape index (κ1) is 14.4. The van der Waals surface area contributed by atoms with Crippen LogP contribution in [-0.2, 0) is 4.74 Å². The Morgan fingerprint density at radius 1 is 1.27 bits per heavy atom. The van der Waals surface area contributed by atoms with E-state index in [1.54, 1.807) is 19.4 Å². The first-order valence-electron chi connectivity index (χ1n) is 6.61. The molecule has 0 amide bonds. The minimum atomic E-state index is -0.739. The lowest BCUT2D eigenvalue weighted by Gasteiger charge is -2.14. The van der Waals surface area contributed by atoms with Crippen molar-refractivity contribution >= 4 is 17.3 Å². The molecule has 0 fully saturated rings. The average Bonchev–Trinajstić information content (AvgIpc) is 3.14. The monoisotopic (exact) mass is 315 g/mol. The molecule has 112 valence electrons. The first-order chi connectivity index (χ1) is 10.6. The molecule has 0 aliphatic rings. The van der Waals surface area contributed by atoms with E-state index in [9.17, 15) is 4.79 Å². The topological polar surface area (TPSA) is 78.1 Å². The third-order valence-electron chi connectivity index (χ3n) is 3.03. The Morgan fingerprint density at radius 2 is 2.05 bits per heavy atom. The summed E-state index contributed by atoms with van der Waals surface area (Å²) in [6.07, 6.45) is -0.739. The number of carbonyl (C=O) groups is 1. The lowest BCUT2D eigenvalue weighted by atomic mass is 10.1. The van der Waals surface area contributed by atoms with E-state index in [4.69, 9.17) is 9.26 Å². The van der Waals surface area contributed by atoms with E-state index in [0.717, 1.165) is 5.56 Å². The average molecular weight is 315 g/mol. The van der Waals surface area contributed by atoms with Gasteiger partial charge in [-0.15, -0.1) is 11.3 Å². The van der Waals surface area contributed by atoms with Gasteiger partial charge in [0.05, 0.1) is 11.2 Å². The van der Waals surface area contributed by atoms with Crippen LogP contribution < -0.4 is 0 Å². The van der Waals surface area contributed by atoms with Gasteiger partial charge in [-0.05, 0) is 13.8 Å². The number of thiazole rings is 1. The molecule has 0 aliphatic heterocycles. The number of benzene rings is 1. The number of hydrogen-bond acceptors (Lipinski definition) is 7. The predicted octanol–water partition coefficient (Wildman–Crippen LogP) is 3.09. The fourth-order valence-electron chi connectivity index (χ4n) is 1.97. The van der Waals surface area contributed by atoms with Crippen molar-refractivity contribution in [2.45, 2.75) is 20.0 Å². The van der Waals surface area contributed by atoms with E-state index in [0.29, 0.717) is 16.4 Å². The summed E-state index contributed by atoms with van der Waals surface area (Å²) in [5.41, 5.74) is 3.02. The highest BCUT2D eigenvalue weighted by Gasteiger charge is 2.26. The number of aromatic nitrogens is 3. The van der Waals surface area contributed by atoms with Gasteiger partial charge in [0.2, 0.25) is 6.10 Å². The Kier molecular flexibility index (Phi) is 3.97. The molecular weight excluding hydrogens is 302 g/mol. The normalized spacial score (nSPS) is 12.1. The number of nitrogens with zero attached hydrogens (tertiary/aromatic N) is 3. The molecule has 0 spiro atoms. The largest absolute Gasteiger partial charge is 0.443 e. The lowest BCUT2D eigenvalue weighted by Crippen LogP contribution is -2.13. The summed E-state index contributed by atoms with van der Waals surface area (Å²) in [5, 5.41) is 3.76. The van der Waals surface area contributed by atoms with E-state index in [2.05, 4.69) is 15.1 Å². The maximum Gasteiger partial charge on any atom is 0.351 e. The third-order valence-corrected chi connectivity index (χ3v) is 3.93. The molecule has 0 radical (unpaired) electrons. The van der Waals surface area contributed by atoms with Crippen molar-refractivity contribution in [2.24, 2.45) is 0 Å². The molecule has 3 aromatic rings. The minimum Gasteiger partial charge on any atom is -0.443 e. The summed E-state index contributed by atoms with van der Waals surface area (Å²) in [5.74, 6) is 0.282. The Labute approximate surface area is 130 Å². The van der Waals surface area contributed by atoms with Gasteiger partial charge >= 0.3 is 5.97 Å². The third kappa shape index (κ3) is 2.89. The summed E-state index contributed by atoms with van der Waals surface area (Å²) in [6.45, 7) is 3.48. The maximum absolute atomic E-state index is 12.3. The van der Waals surface area contributed by atoms with Crippen molar-refractivity contribution < 1.29 is 14.1 Å². The standard InChI is InChI=1S/C15H13N3O3S/c1-9-13(22-8-16-9)15(19)20-12(11-6-4-3-5-7-11)14-17-10(2)18-21-14/h3-8,12H,1-2H3/t12-/m0/s1. The zero-order chi connectivity index (χ0) is 15.5. The van der Waals surface area contributed by atoms with Gasteiger partial charge in [-0.25, -0.2) is 9.78 Å². The maximum atomic E-state index is 12.3. The number of hydrogen-bond donors (Lipinski definition) is 0. The molecule has 22 heavy (non-hydrogen) atoms. The minimum absolute atomic E-state index is 0.249. The van der Waals surface area contributed by atoms with Crippen LogP contribution >= 0.6 is 11.3 Å². The van der Waals surface area contributed by atoms with Crippen molar-refractivity contribution in [1.82, 2.24) is 15.1 Å². The van der Waals surface area contributed by atoms with Gasteiger partial charge in [-0.3, -0.25) is 0 Å². The Balaban J connectivity index is 1.93. The summed E-state index contributed by atoms with van der Waals surface area (Å²) in [7, 11) is 0. The molecule has 1 aromatic carbocycles. The molecule has 0 aliphatic carbocycles. The highest BCUT2D eigenvalue weighted by molar-refractivity contribution is 7.11. The van der Waals surface area contributed by atoms with Crippen molar-refractivity contribution in [2.75, 3.05) is 0 Å². The number of aryl methyl sites for hydroxylation is 2. The van der Waals surface area contributed by atoms with Gasteiger partial charge in [-0.2, -0.15) is 4.98 Å². The molecular formula is C15H13N3O3S. The molecule has 2 heterocycles. The Bertz CT molecular complexity index is 782. The van der Waals surface area contributed by atoms with Crippen molar-refractivity contribution in [1.29, 1.82) is 0 Å². The van der Waals surface area contributed by atoms with Gasteiger partial charge in [0.15, 0.2) is 5.82 Å². The molecule has 2 aromatic heterocycles. The summed E-state index contributed by atoms with van der Waals surface area (Å²) in [6, 6.07) is 9.29. The van der Waals surface area contributed by atoms with E-state index in [1.165, 1.54) is 11.3 Å². The van der Waals surface area contributed by atoms with Crippen LogP contribution in [0.2, 0.25) is 0 Å². The van der Waals surface area contributed by atoms with Crippen LogP contribution in [-0.4, -0.2) is 21.1 Å². The summed E-state index contributed by atoms with van der Waals surface area (Å²) in [4.78, 5) is 21.1. The zero-order valence-electron chi connectivity index (χ0n) is 12.0. The van der Waals surface area contributed by atoms with Gasteiger partial charge in [0.25, 0.3) is 5.89 Å². The molecule has 0 unspecified atom stereocenters. The van der Waals surface area contributed by atoms with Gasteiger partial charge in [0, 0.05) is 5.56 Å². The Morgan fingerprint density at radius 3 is 2.64 bits per heavy atom. The van der Waals surface area contributed by atoms with Gasteiger partial charge in [0.1, 0.15) is 4.88 Å². The van der Waals surface area contributed by atoms with E-state index in [1.807, 2.05) is 30.3 Å². The van der Waals surface area contributed by atoms with Crippen LogP contribution in [0.25, 0.3) is 0 Å². The second-order valence-corrected chi connectivity index (χ2v) is 5.50. The second-order valence-electron chi connectivity index (χ2n) is 4.64. The Hall–Kier alpha value is -2.54. The quantitative estimate of drug-likeness (QED) is 0.688. The van der Waals surface area contributed by atoms with E-state index < -0.39 is 12.1 Å². The fourth-order valence-corrected chi connectivity index (χ4v) is 2.65. The smallest absolute Gasteiger partial charge is 0.351 e. The molecule has 7 heteroatoms. The summed E-state index contributed by atoms with van der Waals surface area (Å²) >= 11 is 1.24. The number of esters is 1. The molecule has 0 N–H and O–H groups in total. The van der Waals surface area contributed by atoms with Gasteiger partial charge in [-0.1, -0.05) is 35.5 Å². The molecule has 0 saturated heterocycles. The predicted molar refractivity (Wildman–Crippen MR) is 79.6 cm³/mol. The lowest BCUT2D eigenvalue weighted by molar-refractivity contribution is 0.0319. The van der Waals surface area contributed by atoms with Crippen LogP contribution in [0.5, 0.6) is 0 Å². The highest BCUT2D eigenvalue weighted by atomic mass is 32.1. The van der Waals surface area contributed by atoms with Crippen molar-refractivity contribution in [3.63, 3.8) is 0 Å². The molecule has 1 atom stereocenters. The van der Waals surface area contributed by atoms with Crippen LogP contribution in [0.3, 0.4) is 0 Å². The molecule has 6 nitrogen and oxygen atoms in total. The number of carbonyl (C=O) groups excluding carboxylic acids is 1. The van der Waals surface area contributed by atoms with Crippen LogP contribution in [0, 0.1) is 13.8 Å². The van der Waals surface area contributed by atoms with Gasteiger partial charge < -0.3 is 9.26 Å². The summed E-state index contributed by atoms with van der Waals surface area (Å²) < 4.78 is 10.8.